The Morgan fingerprint density at radius 1 is 1.19 bits per heavy atom. The number of aliphatic hydroxyl groups excluding tert-OH is 1. The van der Waals surface area contributed by atoms with Gasteiger partial charge in [0.1, 0.15) is 0 Å². The van der Waals surface area contributed by atoms with Gasteiger partial charge in [0.25, 0.3) is 0 Å². The first-order valence-electron chi connectivity index (χ1n) is 9.96. The molecule has 0 aliphatic heterocycles. The highest BCUT2D eigenvalue weighted by Gasteiger charge is 2.31. The van der Waals surface area contributed by atoms with Gasteiger partial charge in [0, 0.05) is 39.8 Å². The number of nitrogens with one attached hydrogen (secondary N) is 2. The zero-order valence-electron chi connectivity index (χ0n) is 17.2. The van der Waals surface area contributed by atoms with Crippen molar-refractivity contribution in [3.63, 3.8) is 0 Å². The third kappa shape index (κ3) is 9.76. The summed E-state index contributed by atoms with van der Waals surface area (Å²) in [6.07, 6.45) is 7.53. The first-order chi connectivity index (χ1) is 12.4. The van der Waals surface area contributed by atoms with Gasteiger partial charge in [0.15, 0.2) is 5.96 Å². The molecule has 0 aromatic carbocycles. The largest absolute Gasteiger partial charge is 0.396 e. The molecule has 1 aliphatic rings. The lowest BCUT2D eigenvalue weighted by Crippen LogP contribution is -2.40. The molecule has 162 valence electrons. The third-order valence-corrected chi connectivity index (χ3v) is 7.12. The normalized spacial score (nSPS) is 17.4. The first-order valence-corrected chi connectivity index (χ1v) is 11.6. The smallest absolute Gasteiger partial charge is 0.213 e. The Morgan fingerprint density at radius 2 is 1.85 bits per heavy atom. The van der Waals surface area contributed by atoms with E-state index in [1.165, 1.54) is 23.6 Å². The Morgan fingerprint density at radius 3 is 2.41 bits per heavy atom. The summed E-state index contributed by atoms with van der Waals surface area (Å²) in [6, 6.07) is 0. The molecule has 0 heterocycles. The molecule has 3 N–H and O–H groups in total. The summed E-state index contributed by atoms with van der Waals surface area (Å²) in [7, 11) is -1.49. The number of sulfonamides is 1. The van der Waals surface area contributed by atoms with Crippen LogP contribution in [0.2, 0.25) is 0 Å². The Bertz CT molecular complexity index is 517. The molecular weight excluding hydrogens is 479 g/mol. The SMILES string of the molecule is CCNC(=NCC1(CCO)CCCCC1)NCCCN(C)S(=O)(=O)CC.I. The van der Waals surface area contributed by atoms with E-state index in [2.05, 4.69) is 10.6 Å². The zero-order chi connectivity index (χ0) is 19.5. The maximum absolute atomic E-state index is 11.8. The van der Waals surface area contributed by atoms with Crippen LogP contribution in [0.5, 0.6) is 0 Å². The molecule has 0 spiro atoms. The van der Waals surface area contributed by atoms with Gasteiger partial charge in [0.05, 0.1) is 5.75 Å². The molecule has 1 aliphatic carbocycles. The van der Waals surface area contributed by atoms with E-state index in [0.717, 1.165) is 44.7 Å². The van der Waals surface area contributed by atoms with E-state index in [-0.39, 0.29) is 41.8 Å². The number of aliphatic imine (C=N–C) groups is 1. The van der Waals surface area contributed by atoms with Gasteiger partial charge in [-0.2, -0.15) is 0 Å². The second-order valence-corrected chi connectivity index (χ2v) is 9.60. The maximum atomic E-state index is 11.8. The fraction of sp³-hybridized carbons (Fsp3) is 0.944. The zero-order valence-corrected chi connectivity index (χ0v) is 20.3. The number of guanidine groups is 1. The van der Waals surface area contributed by atoms with E-state index in [1.807, 2.05) is 6.92 Å². The van der Waals surface area contributed by atoms with Crippen LogP contribution in [0.25, 0.3) is 0 Å². The van der Waals surface area contributed by atoms with E-state index < -0.39 is 10.0 Å². The summed E-state index contributed by atoms with van der Waals surface area (Å²) in [4.78, 5) is 4.76. The molecule has 7 nitrogen and oxygen atoms in total. The lowest BCUT2D eigenvalue weighted by Gasteiger charge is -2.35. The molecule has 0 unspecified atom stereocenters. The second-order valence-electron chi connectivity index (χ2n) is 7.23. The fourth-order valence-electron chi connectivity index (χ4n) is 3.48. The average molecular weight is 519 g/mol. The topological polar surface area (TPSA) is 94.0 Å². The summed E-state index contributed by atoms with van der Waals surface area (Å²) >= 11 is 0. The molecule has 0 aromatic heterocycles. The Labute approximate surface area is 182 Å². The van der Waals surface area contributed by atoms with Crippen molar-refractivity contribution in [2.24, 2.45) is 10.4 Å². The maximum Gasteiger partial charge on any atom is 0.213 e. The predicted octanol–water partition coefficient (Wildman–Crippen LogP) is 2.16. The van der Waals surface area contributed by atoms with Crippen LogP contribution >= 0.6 is 24.0 Å². The van der Waals surface area contributed by atoms with Crippen LogP contribution in [0.4, 0.5) is 0 Å². The minimum absolute atomic E-state index is 0. The quantitative estimate of drug-likeness (QED) is 0.169. The Hall–Kier alpha value is -0.130. The van der Waals surface area contributed by atoms with Crippen molar-refractivity contribution in [3.8, 4) is 0 Å². The predicted molar refractivity (Wildman–Crippen MR) is 123 cm³/mol. The molecule has 1 rings (SSSR count). The molecular formula is C18H39IN4O3S. The van der Waals surface area contributed by atoms with Crippen molar-refractivity contribution in [1.29, 1.82) is 0 Å². The second kappa shape index (κ2) is 13.9. The number of rotatable bonds is 11. The summed E-state index contributed by atoms with van der Waals surface area (Å²) < 4.78 is 24.9. The average Bonchev–Trinajstić information content (AvgIpc) is 2.64. The molecule has 0 saturated heterocycles. The molecule has 1 saturated carbocycles. The molecule has 0 amide bonds. The van der Waals surface area contributed by atoms with Gasteiger partial charge in [-0.1, -0.05) is 19.3 Å². The van der Waals surface area contributed by atoms with Crippen LogP contribution in [0, 0.1) is 5.41 Å². The van der Waals surface area contributed by atoms with Gasteiger partial charge < -0.3 is 15.7 Å². The van der Waals surface area contributed by atoms with Crippen molar-refractivity contribution >= 4 is 40.0 Å². The van der Waals surface area contributed by atoms with Crippen molar-refractivity contribution in [2.75, 3.05) is 45.6 Å². The molecule has 0 radical (unpaired) electrons. The molecule has 0 bridgehead atoms. The fourth-order valence-corrected chi connectivity index (χ4v) is 4.33. The molecule has 9 heteroatoms. The molecule has 27 heavy (non-hydrogen) atoms. The van der Waals surface area contributed by atoms with Crippen LogP contribution in [0.3, 0.4) is 0 Å². The van der Waals surface area contributed by atoms with Crippen molar-refractivity contribution in [3.05, 3.63) is 0 Å². The van der Waals surface area contributed by atoms with E-state index in [1.54, 1.807) is 14.0 Å². The standard InChI is InChI=1S/C18H38N4O3S.HI/c1-4-19-17(20-13-9-14-22(3)26(24,25)5-2)21-16-18(12-15-23)10-7-6-8-11-18;/h23H,4-16H2,1-3H3,(H2,19,20,21);1H. The lowest BCUT2D eigenvalue weighted by atomic mass is 9.72. The van der Waals surface area contributed by atoms with Crippen molar-refractivity contribution in [1.82, 2.24) is 14.9 Å². The minimum Gasteiger partial charge on any atom is -0.396 e. The summed E-state index contributed by atoms with van der Waals surface area (Å²) in [5.74, 6) is 0.907. The molecule has 0 aromatic rings. The summed E-state index contributed by atoms with van der Waals surface area (Å²) in [5.41, 5.74) is 0.130. The summed E-state index contributed by atoms with van der Waals surface area (Å²) in [5, 5.41) is 16.0. The van der Waals surface area contributed by atoms with Gasteiger partial charge in [-0.15, -0.1) is 24.0 Å². The lowest BCUT2D eigenvalue weighted by molar-refractivity contribution is 0.137. The van der Waals surface area contributed by atoms with Gasteiger partial charge in [-0.3, -0.25) is 4.99 Å². The van der Waals surface area contributed by atoms with Crippen molar-refractivity contribution < 1.29 is 13.5 Å². The number of nitrogens with zero attached hydrogens (tertiary/aromatic N) is 2. The summed E-state index contributed by atoms with van der Waals surface area (Å²) in [6.45, 7) is 6.59. The highest BCUT2D eigenvalue weighted by Crippen LogP contribution is 2.39. The van der Waals surface area contributed by atoms with Gasteiger partial charge >= 0.3 is 0 Å². The monoisotopic (exact) mass is 518 g/mol. The Kier molecular flexibility index (Phi) is 13.9. The van der Waals surface area contributed by atoms with Gasteiger partial charge in [0.2, 0.25) is 10.0 Å². The minimum atomic E-state index is -3.11. The van der Waals surface area contributed by atoms with E-state index >= 15 is 0 Å². The highest BCUT2D eigenvalue weighted by atomic mass is 127. The molecule has 0 atom stereocenters. The van der Waals surface area contributed by atoms with Crippen LogP contribution in [0.15, 0.2) is 4.99 Å². The number of hydrogen-bond donors (Lipinski definition) is 3. The van der Waals surface area contributed by atoms with Crippen LogP contribution < -0.4 is 10.6 Å². The van der Waals surface area contributed by atoms with E-state index in [0.29, 0.717) is 13.1 Å². The van der Waals surface area contributed by atoms with Crippen LogP contribution in [-0.4, -0.2) is 69.4 Å². The van der Waals surface area contributed by atoms with E-state index in [9.17, 15) is 13.5 Å². The number of halogens is 1. The van der Waals surface area contributed by atoms with E-state index in [4.69, 9.17) is 4.99 Å². The van der Waals surface area contributed by atoms with Gasteiger partial charge in [-0.05, 0) is 44.9 Å². The van der Waals surface area contributed by atoms with Gasteiger partial charge in [-0.25, -0.2) is 12.7 Å². The Balaban J connectivity index is 0.00000676. The third-order valence-electron chi connectivity index (χ3n) is 5.26. The highest BCUT2D eigenvalue weighted by molar-refractivity contribution is 14.0. The first kappa shape index (κ1) is 26.9. The number of hydrogen-bond acceptors (Lipinski definition) is 4. The molecule has 1 fully saturated rings. The van der Waals surface area contributed by atoms with Crippen LogP contribution in [-0.2, 0) is 10.0 Å². The van der Waals surface area contributed by atoms with Crippen molar-refractivity contribution in [2.45, 2.75) is 58.8 Å². The van der Waals surface area contributed by atoms with Crippen LogP contribution in [0.1, 0.15) is 58.8 Å². The number of aliphatic hydroxyl groups is 1.